The summed E-state index contributed by atoms with van der Waals surface area (Å²) in [5.41, 5.74) is 0.990. The first-order valence-corrected chi connectivity index (χ1v) is 6.73. The van der Waals surface area contributed by atoms with Crippen LogP contribution in [-0.4, -0.2) is 19.2 Å². The molecule has 0 aromatic heterocycles. The van der Waals surface area contributed by atoms with Gasteiger partial charge < -0.3 is 9.47 Å². The molecule has 0 aliphatic rings. The normalized spacial score (nSPS) is 10.1. The predicted molar refractivity (Wildman–Crippen MR) is 72.0 cm³/mol. The number of ether oxygens (including phenoxy) is 2. The summed E-state index contributed by atoms with van der Waals surface area (Å²) >= 11 is 5.81. The summed E-state index contributed by atoms with van der Waals surface area (Å²) in [4.78, 5) is 11.1. The van der Waals surface area contributed by atoms with Gasteiger partial charge >= 0.3 is 5.97 Å². The molecule has 1 rings (SSSR count). The first-order chi connectivity index (χ1) is 8.77. The molecule has 0 N–H and O–H groups in total. The molecular weight excluding hydrogens is 252 g/mol. The molecule has 18 heavy (non-hydrogen) atoms. The number of benzene rings is 1. The Balaban J connectivity index is 2.19. The van der Waals surface area contributed by atoms with Crippen LogP contribution in [0.15, 0.2) is 24.3 Å². The Hall–Kier alpha value is -1.22. The molecule has 0 saturated heterocycles. The van der Waals surface area contributed by atoms with Gasteiger partial charge in [-0.3, -0.25) is 4.79 Å². The fourth-order valence-electron chi connectivity index (χ4n) is 1.54. The number of alkyl halides is 1. The number of para-hydroxylation sites is 1. The fraction of sp³-hybridized carbons (Fsp3) is 0.500. The Morgan fingerprint density at radius 1 is 1.28 bits per heavy atom. The van der Waals surface area contributed by atoms with Gasteiger partial charge in [0.1, 0.15) is 5.75 Å². The lowest BCUT2D eigenvalue weighted by Gasteiger charge is -2.09. The summed E-state index contributed by atoms with van der Waals surface area (Å²) in [7, 11) is 0. The molecule has 3 nitrogen and oxygen atoms in total. The van der Waals surface area contributed by atoms with Gasteiger partial charge in [-0.05, 0) is 25.8 Å². The zero-order valence-corrected chi connectivity index (χ0v) is 11.4. The number of carbonyl (C=O) groups excluding carboxylic acids is 1. The average Bonchev–Trinajstić information content (AvgIpc) is 2.39. The van der Waals surface area contributed by atoms with Crippen LogP contribution in [0.2, 0.25) is 0 Å². The summed E-state index contributed by atoms with van der Waals surface area (Å²) in [6.45, 7) is 2.84. The fourth-order valence-corrected chi connectivity index (χ4v) is 1.76. The first-order valence-electron chi connectivity index (χ1n) is 6.20. The van der Waals surface area contributed by atoms with Crippen molar-refractivity contribution >= 4 is 17.6 Å². The lowest BCUT2D eigenvalue weighted by Crippen LogP contribution is -2.05. The first kappa shape index (κ1) is 14.8. The number of hydrogen-bond acceptors (Lipinski definition) is 3. The van der Waals surface area contributed by atoms with E-state index < -0.39 is 0 Å². The van der Waals surface area contributed by atoms with Gasteiger partial charge in [0.2, 0.25) is 0 Å². The second-order valence-electron chi connectivity index (χ2n) is 3.85. The largest absolute Gasteiger partial charge is 0.493 e. The van der Waals surface area contributed by atoms with Crippen molar-refractivity contribution in [2.45, 2.75) is 32.1 Å². The summed E-state index contributed by atoms with van der Waals surface area (Å²) < 4.78 is 10.5. The predicted octanol–water partition coefficient (Wildman–Crippen LogP) is 3.54. The van der Waals surface area contributed by atoms with E-state index in [1.807, 2.05) is 31.2 Å². The smallest absolute Gasteiger partial charge is 0.305 e. The molecule has 100 valence electrons. The molecule has 0 radical (unpaired) electrons. The van der Waals surface area contributed by atoms with Crippen LogP contribution < -0.4 is 4.74 Å². The monoisotopic (exact) mass is 270 g/mol. The zero-order valence-electron chi connectivity index (χ0n) is 10.7. The summed E-state index contributed by atoms with van der Waals surface area (Å²) in [5.74, 6) is 1.13. The molecule has 0 spiro atoms. The molecule has 4 heteroatoms. The highest BCUT2D eigenvalue weighted by Gasteiger charge is 2.03. The highest BCUT2D eigenvalue weighted by atomic mass is 35.5. The second kappa shape index (κ2) is 8.81. The van der Waals surface area contributed by atoms with E-state index in [1.54, 1.807) is 0 Å². The molecule has 0 aliphatic heterocycles. The number of rotatable bonds is 8. The standard InChI is InChI=1S/C14H19ClO3/c1-2-17-14(16)9-5-6-10-18-13-8-4-3-7-12(13)11-15/h3-4,7-8H,2,5-6,9-11H2,1H3. The zero-order chi connectivity index (χ0) is 13.2. The third kappa shape index (κ3) is 5.41. The quantitative estimate of drug-likeness (QED) is 0.412. The summed E-state index contributed by atoms with van der Waals surface area (Å²) in [5, 5.41) is 0. The lowest BCUT2D eigenvalue weighted by molar-refractivity contribution is -0.143. The number of halogens is 1. The summed E-state index contributed by atoms with van der Waals surface area (Å²) in [6, 6.07) is 7.71. The van der Waals surface area contributed by atoms with E-state index in [9.17, 15) is 4.79 Å². The Morgan fingerprint density at radius 3 is 2.78 bits per heavy atom. The van der Waals surface area contributed by atoms with Gasteiger partial charge in [0.25, 0.3) is 0 Å². The molecule has 0 heterocycles. The Bertz CT molecular complexity index is 366. The lowest BCUT2D eigenvalue weighted by atomic mass is 10.2. The second-order valence-corrected chi connectivity index (χ2v) is 4.12. The van der Waals surface area contributed by atoms with Gasteiger partial charge in [-0.15, -0.1) is 11.6 Å². The van der Waals surface area contributed by atoms with Crippen LogP contribution in [0.1, 0.15) is 31.7 Å². The van der Waals surface area contributed by atoms with Gasteiger partial charge in [0.05, 0.1) is 19.1 Å². The maximum atomic E-state index is 11.1. The minimum Gasteiger partial charge on any atom is -0.493 e. The molecule has 0 amide bonds. The highest BCUT2D eigenvalue weighted by Crippen LogP contribution is 2.19. The SMILES string of the molecule is CCOC(=O)CCCCOc1ccccc1CCl. The summed E-state index contributed by atoms with van der Waals surface area (Å²) in [6.07, 6.45) is 2.06. The van der Waals surface area contributed by atoms with Crippen LogP contribution >= 0.6 is 11.6 Å². The van der Waals surface area contributed by atoms with E-state index in [0.29, 0.717) is 25.5 Å². The van der Waals surface area contributed by atoms with Crippen molar-refractivity contribution in [3.05, 3.63) is 29.8 Å². The van der Waals surface area contributed by atoms with Crippen molar-refractivity contribution in [2.24, 2.45) is 0 Å². The van der Waals surface area contributed by atoms with Gasteiger partial charge in [-0.2, -0.15) is 0 Å². The molecule has 0 saturated carbocycles. The van der Waals surface area contributed by atoms with E-state index in [-0.39, 0.29) is 5.97 Å². The molecule has 0 aliphatic carbocycles. The van der Waals surface area contributed by atoms with Crippen LogP contribution in [0.5, 0.6) is 5.75 Å². The molecule has 1 aromatic rings. The van der Waals surface area contributed by atoms with E-state index in [0.717, 1.165) is 24.2 Å². The topological polar surface area (TPSA) is 35.5 Å². The molecule has 1 aromatic carbocycles. The van der Waals surface area contributed by atoms with Crippen LogP contribution in [0.3, 0.4) is 0 Å². The van der Waals surface area contributed by atoms with Crippen LogP contribution in [-0.2, 0) is 15.4 Å². The minimum atomic E-state index is -0.140. The maximum absolute atomic E-state index is 11.1. The van der Waals surface area contributed by atoms with Gasteiger partial charge in [0, 0.05) is 12.0 Å². The van der Waals surface area contributed by atoms with Crippen LogP contribution in [0.25, 0.3) is 0 Å². The third-order valence-electron chi connectivity index (χ3n) is 2.45. The molecule has 0 atom stereocenters. The van der Waals surface area contributed by atoms with Crippen molar-refractivity contribution in [2.75, 3.05) is 13.2 Å². The van der Waals surface area contributed by atoms with Crippen LogP contribution in [0, 0.1) is 0 Å². The number of esters is 1. The number of carbonyl (C=O) groups is 1. The van der Waals surface area contributed by atoms with Crippen molar-refractivity contribution in [3.8, 4) is 5.75 Å². The Labute approximate surface area is 113 Å². The van der Waals surface area contributed by atoms with Crippen molar-refractivity contribution in [3.63, 3.8) is 0 Å². The molecule has 0 unspecified atom stereocenters. The number of hydrogen-bond donors (Lipinski definition) is 0. The van der Waals surface area contributed by atoms with Crippen molar-refractivity contribution in [1.29, 1.82) is 0 Å². The minimum absolute atomic E-state index is 0.140. The third-order valence-corrected chi connectivity index (χ3v) is 2.74. The van der Waals surface area contributed by atoms with Gasteiger partial charge in [-0.25, -0.2) is 0 Å². The van der Waals surface area contributed by atoms with Gasteiger partial charge in [0.15, 0.2) is 0 Å². The maximum Gasteiger partial charge on any atom is 0.305 e. The highest BCUT2D eigenvalue weighted by molar-refractivity contribution is 6.17. The average molecular weight is 271 g/mol. The Morgan fingerprint density at radius 2 is 2.06 bits per heavy atom. The Kier molecular flexibility index (Phi) is 7.26. The van der Waals surface area contributed by atoms with Gasteiger partial charge in [-0.1, -0.05) is 18.2 Å². The van der Waals surface area contributed by atoms with E-state index in [4.69, 9.17) is 21.1 Å². The number of unbranched alkanes of at least 4 members (excludes halogenated alkanes) is 1. The molecule has 0 fully saturated rings. The molecule has 0 bridgehead atoms. The van der Waals surface area contributed by atoms with Crippen LogP contribution in [0.4, 0.5) is 0 Å². The van der Waals surface area contributed by atoms with E-state index >= 15 is 0 Å². The molecular formula is C14H19ClO3. The van der Waals surface area contributed by atoms with E-state index in [2.05, 4.69) is 0 Å². The van der Waals surface area contributed by atoms with Crippen molar-refractivity contribution in [1.82, 2.24) is 0 Å². The van der Waals surface area contributed by atoms with E-state index in [1.165, 1.54) is 0 Å². The van der Waals surface area contributed by atoms with Crippen molar-refractivity contribution < 1.29 is 14.3 Å².